The number of aromatic hydroxyl groups is 1. The standard InChI is InChI=1S/C17H20N2O6/c1-3-24-13(21)9-11-14(16(22)25-4-2)15(19-17(23)18-11)10-7-5-6-8-12(10)20/h5-8,14-15,20H,3-4,9H2,1-2H3,(H,19,23). The van der Waals surface area contributed by atoms with Crippen LogP contribution in [0.5, 0.6) is 5.75 Å². The SMILES string of the molecule is CCOC(=O)CC1=NC(=O)NC(c2ccccc2O)C1C(=O)OCC. The van der Waals surface area contributed by atoms with E-state index < -0.39 is 29.9 Å². The highest BCUT2D eigenvalue weighted by Gasteiger charge is 2.41. The highest BCUT2D eigenvalue weighted by Crippen LogP contribution is 2.33. The first-order chi connectivity index (χ1) is 12.0. The molecular weight excluding hydrogens is 328 g/mol. The fraction of sp³-hybridized carbons (Fsp3) is 0.412. The number of para-hydroxylation sites is 1. The first-order valence-corrected chi connectivity index (χ1v) is 7.96. The number of benzene rings is 1. The summed E-state index contributed by atoms with van der Waals surface area (Å²) in [7, 11) is 0. The Balaban J connectivity index is 2.43. The molecule has 0 aliphatic carbocycles. The molecule has 0 aromatic heterocycles. The summed E-state index contributed by atoms with van der Waals surface area (Å²) < 4.78 is 9.95. The van der Waals surface area contributed by atoms with E-state index in [1.165, 1.54) is 6.07 Å². The second-order valence-electron chi connectivity index (χ2n) is 5.30. The molecule has 134 valence electrons. The number of rotatable bonds is 6. The number of esters is 2. The molecule has 0 radical (unpaired) electrons. The molecule has 0 saturated heterocycles. The number of nitrogens with one attached hydrogen (secondary N) is 1. The maximum absolute atomic E-state index is 12.5. The van der Waals surface area contributed by atoms with Gasteiger partial charge in [-0.3, -0.25) is 9.59 Å². The minimum Gasteiger partial charge on any atom is -0.508 e. The van der Waals surface area contributed by atoms with Gasteiger partial charge >= 0.3 is 18.0 Å². The average Bonchev–Trinajstić information content (AvgIpc) is 2.55. The smallest absolute Gasteiger partial charge is 0.341 e. The normalized spacial score (nSPS) is 19.6. The van der Waals surface area contributed by atoms with Gasteiger partial charge in [0.15, 0.2) is 0 Å². The molecule has 1 aliphatic heterocycles. The number of amides is 2. The predicted molar refractivity (Wildman–Crippen MR) is 88.2 cm³/mol. The van der Waals surface area contributed by atoms with Crippen molar-refractivity contribution in [3.8, 4) is 5.75 Å². The van der Waals surface area contributed by atoms with Crippen molar-refractivity contribution in [3.05, 3.63) is 29.8 Å². The quantitative estimate of drug-likeness (QED) is 0.757. The van der Waals surface area contributed by atoms with Gasteiger partial charge in [-0.25, -0.2) is 9.79 Å². The molecule has 1 aromatic carbocycles. The largest absolute Gasteiger partial charge is 0.508 e. The zero-order chi connectivity index (χ0) is 18.4. The second-order valence-corrected chi connectivity index (χ2v) is 5.30. The van der Waals surface area contributed by atoms with Crippen LogP contribution in [0.3, 0.4) is 0 Å². The van der Waals surface area contributed by atoms with Crippen LogP contribution in [0.1, 0.15) is 31.9 Å². The maximum atomic E-state index is 12.5. The first kappa shape index (κ1) is 18.4. The molecule has 25 heavy (non-hydrogen) atoms. The van der Waals surface area contributed by atoms with Crippen LogP contribution in [-0.4, -0.2) is 42.0 Å². The molecule has 2 N–H and O–H groups in total. The fourth-order valence-electron chi connectivity index (χ4n) is 2.66. The van der Waals surface area contributed by atoms with Crippen molar-refractivity contribution in [2.24, 2.45) is 10.9 Å². The van der Waals surface area contributed by atoms with Gasteiger partial charge in [0.2, 0.25) is 0 Å². The zero-order valence-corrected chi connectivity index (χ0v) is 14.0. The molecule has 0 saturated carbocycles. The third-order valence-corrected chi connectivity index (χ3v) is 3.66. The Hall–Kier alpha value is -2.90. The van der Waals surface area contributed by atoms with Crippen LogP contribution >= 0.6 is 0 Å². The Bertz CT molecular complexity index is 700. The molecule has 1 aliphatic rings. The van der Waals surface area contributed by atoms with Crippen LogP contribution in [0.25, 0.3) is 0 Å². The maximum Gasteiger partial charge on any atom is 0.341 e. The number of carbonyl (C=O) groups is 3. The zero-order valence-electron chi connectivity index (χ0n) is 14.0. The number of hydrogen-bond acceptors (Lipinski definition) is 6. The van der Waals surface area contributed by atoms with Crippen molar-refractivity contribution in [3.63, 3.8) is 0 Å². The van der Waals surface area contributed by atoms with E-state index >= 15 is 0 Å². The third kappa shape index (κ3) is 4.34. The molecule has 0 spiro atoms. The van der Waals surface area contributed by atoms with E-state index in [1.807, 2.05) is 0 Å². The number of carbonyl (C=O) groups excluding carboxylic acids is 3. The summed E-state index contributed by atoms with van der Waals surface area (Å²) >= 11 is 0. The van der Waals surface area contributed by atoms with Gasteiger partial charge in [-0.1, -0.05) is 18.2 Å². The molecule has 0 bridgehead atoms. The van der Waals surface area contributed by atoms with Crippen LogP contribution in [0.2, 0.25) is 0 Å². The van der Waals surface area contributed by atoms with Gasteiger partial charge < -0.3 is 19.9 Å². The van der Waals surface area contributed by atoms with Crippen LogP contribution < -0.4 is 5.32 Å². The number of aliphatic imine (C=N–C) groups is 1. The lowest BCUT2D eigenvalue weighted by molar-refractivity contribution is -0.146. The molecule has 2 rings (SSSR count). The summed E-state index contributed by atoms with van der Waals surface area (Å²) in [6.07, 6.45) is -0.311. The van der Waals surface area contributed by atoms with Gasteiger partial charge in [0.1, 0.15) is 11.7 Å². The van der Waals surface area contributed by atoms with E-state index in [1.54, 1.807) is 32.0 Å². The molecule has 2 unspecified atom stereocenters. The van der Waals surface area contributed by atoms with Gasteiger partial charge in [0.05, 0.1) is 31.4 Å². The minimum atomic E-state index is -1.03. The lowest BCUT2D eigenvalue weighted by Gasteiger charge is -2.30. The average molecular weight is 348 g/mol. The number of nitrogens with zero attached hydrogens (tertiary/aromatic N) is 1. The Morgan fingerprint density at radius 2 is 1.88 bits per heavy atom. The molecule has 1 aromatic rings. The third-order valence-electron chi connectivity index (χ3n) is 3.66. The Morgan fingerprint density at radius 1 is 1.20 bits per heavy atom. The van der Waals surface area contributed by atoms with Crippen LogP contribution in [0.4, 0.5) is 4.79 Å². The minimum absolute atomic E-state index is 0.0499. The number of urea groups is 1. The van der Waals surface area contributed by atoms with E-state index in [4.69, 9.17) is 9.47 Å². The highest BCUT2D eigenvalue weighted by atomic mass is 16.5. The van der Waals surface area contributed by atoms with Gasteiger partial charge in [0.25, 0.3) is 0 Å². The summed E-state index contributed by atoms with van der Waals surface area (Å²) in [5, 5.41) is 12.7. The highest BCUT2D eigenvalue weighted by molar-refractivity contribution is 6.14. The van der Waals surface area contributed by atoms with E-state index in [9.17, 15) is 19.5 Å². The van der Waals surface area contributed by atoms with Crippen molar-refractivity contribution in [1.82, 2.24) is 5.32 Å². The lowest BCUT2D eigenvalue weighted by atomic mass is 9.86. The van der Waals surface area contributed by atoms with Crippen LogP contribution in [0.15, 0.2) is 29.3 Å². The monoisotopic (exact) mass is 348 g/mol. The van der Waals surface area contributed by atoms with E-state index in [-0.39, 0.29) is 31.1 Å². The topological polar surface area (TPSA) is 114 Å². The van der Waals surface area contributed by atoms with Gasteiger partial charge in [-0.15, -0.1) is 0 Å². The number of phenols is 1. The van der Waals surface area contributed by atoms with Gasteiger partial charge in [-0.2, -0.15) is 0 Å². The summed E-state index contributed by atoms with van der Waals surface area (Å²) in [5.74, 6) is -2.35. The first-order valence-electron chi connectivity index (χ1n) is 7.96. The predicted octanol–water partition coefficient (Wildman–Crippen LogP) is 1.73. The lowest BCUT2D eigenvalue weighted by Crippen LogP contribution is -2.45. The Morgan fingerprint density at radius 3 is 2.52 bits per heavy atom. The van der Waals surface area contributed by atoms with Crippen molar-refractivity contribution >= 4 is 23.7 Å². The summed E-state index contributed by atoms with van der Waals surface area (Å²) in [5.41, 5.74) is 0.388. The van der Waals surface area contributed by atoms with Crippen LogP contribution in [-0.2, 0) is 19.1 Å². The number of hydrogen-bond donors (Lipinski definition) is 2. The van der Waals surface area contributed by atoms with E-state index in [2.05, 4.69) is 10.3 Å². The van der Waals surface area contributed by atoms with Crippen molar-refractivity contribution in [2.45, 2.75) is 26.3 Å². The summed E-state index contributed by atoms with van der Waals surface area (Å²) in [6, 6.07) is 4.72. The van der Waals surface area contributed by atoms with Crippen molar-refractivity contribution < 1.29 is 29.0 Å². The number of ether oxygens (including phenoxy) is 2. The molecule has 1 heterocycles. The van der Waals surface area contributed by atoms with Gasteiger partial charge in [-0.05, 0) is 19.9 Å². The molecule has 2 atom stereocenters. The fourth-order valence-corrected chi connectivity index (χ4v) is 2.66. The molecule has 8 nitrogen and oxygen atoms in total. The molecular formula is C17H20N2O6. The van der Waals surface area contributed by atoms with E-state index in [0.29, 0.717) is 5.56 Å². The van der Waals surface area contributed by atoms with Crippen LogP contribution in [0, 0.1) is 5.92 Å². The Kier molecular flexibility index (Phi) is 6.10. The Labute approximate surface area is 144 Å². The van der Waals surface area contributed by atoms with Crippen molar-refractivity contribution in [1.29, 1.82) is 0 Å². The molecule has 8 heteroatoms. The molecule has 0 fully saturated rings. The summed E-state index contributed by atoms with van der Waals surface area (Å²) in [6.45, 7) is 3.60. The van der Waals surface area contributed by atoms with E-state index in [0.717, 1.165) is 0 Å². The number of phenolic OH excluding ortho intramolecular Hbond substituents is 1. The summed E-state index contributed by atoms with van der Waals surface area (Å²) in [4.78, 5) is 40.0. The second kappa shape index (κ2) is 8.27. The molecule has 2 amide bonds. The van der Waals surface area contributed by atoms with Crippen molar-refractivity contribution in [2.75, 3.05) is 13.2 Å². The van der Waals surface area contributed by atoms with Gasteiger partial charge in [0, 0.05) is 5.56 Å².